The number of hydrogen-bond acceptors (Lipinski definition) is 4. The molecular formula is C19H37N3O2. The first-order valence-electron chi connectivity index (χ1n) is 9.75. The number of carbonyl (C=O) groups excluding carboxylic acids is 1. The number of rotatable bonds is 6. The molecular weight excluding hydrogens is 302 g/mol. The van der Waals surface area contributed by atoms with Gasteiger partial charge in [-0.1, -0.05) is 13.8 Å². The minimum atomic E-state index is -0.00680. The minimum Gasteiger partial charge on any atom is -0.373 e. The molecule has 2 aliphatic rings. The lowest BCUT2D eigenvalue weighted by Crippen LogP contribution is -2.58. The van der Waals surface area contributed by atoms with Gasteiger partial charge < -0.3 is 15.0 Å². The van der Waals surface area contributed by atoms with Crippen LogP contribution in [-0.2, 0) is 9.53 Å². The van der Waals surface area contributed by atoms with Crippen LogP contribution in [0.5, 0.6) is 0 Å². The third-order valence-electron chi connectivity index (χ3n) is 5.45. The van der Waals surface area contributed by atoms with E-state index in [1.807, 2.05) is 7.05 Å². The summed E-state index contributed by atoms with van der Waals surface area (Å²) in [6.07, 6.45) is 3.93. The molecule has 24 heavy (non-hydrogen) atoms. The molecule has 1 amide bonds. The SMILES string of the molecule is CNCCC1CCN(C(=O)C(C(C)C)N2CC(C)OC(C)C2)CC1. The number of hydrogen-bond donors (Lipinski definition) is 1. The summed E-state index contributed by atoms with van der Waals surface area (Å²) in [6.45, 7) is 13.2. The van der Waals surface area contributed by atoms with Crippen molar-refractivity contribution in [3.63, 3.8) is 0 Å². The number of morpholine rings is 1. The highest BCUT2D eigenvalue weighted by molar-refractivity contribution is 5.82. The van der Waals surface area contributed by atoms with Crippen molar-refractivity contribution in [2.45, 2.75) is 65.2 Å². The molecule has 140 valence electrons. The highest BCUT2D eigenvalue weighted by Gasteiger charge is 2.37. The lowest BCUT2D eigenvalue weighted by Gasteiger charge is -2.43. The summed E-state index contributed by atoms with van der Waals surface area (Å²) < 4.78 is 5.85. The van der Waals surface area contributed by atoms with E-state index in [1.165, 1.54) is 6.42 Å². The fourth-order valence-electron chi connectivity index (χ4n) is 4.29. The van der Waals surface area contributed by atoms with Gasteiger partial charge in [0.1, 0.15) is 0 Å². The molecule has 0 aromatic rings. The Labute approximate surface area is 148 Å². The maximum atomic E-state index is 13.2. The Morgan fingerprint density at radius 3 is 2.25 bits per heavy atom. The van der Waals surface area contributed by atoms with Gasteiger partial charge in [0, 0.05) is 26.2 Å². The molecule has 0 aliphatic carbocycles. The second-order valence-electron chi connectivity index (χ2n) is 8.06. The van der Waals surface area contributed by atoms with Crippen LogP contribution < -0.4 is 5.32 Å². The van der Waals surface area contributed by atoms with Crippen LogP contribution in [0, 0.1) is 11.8 Å². The molecule has 3 unspecified atom stereocenters. The fraction of sp³-hybridized carbons (Fsp3) is 0.947. The average molecular weight is 340 g/mol. The van der Waals surface area contributed by atoms with Gasteiger partial charge in [0.2, 0.25) is 5.91 Å². The highest BCUT2D eigenvalue weighted by Crippen LogP contribution is 2.24. The molecule has 2 heterocycles. The van der Waals surface area contributed by atoms with Gasteiger partial charge in [-0.15, -0.1) is 0 Å². The van der Waals surface area contributed by atoms with Crippen molar-refractivity contribution in [3.05, 3.63) is 0 Å². The van der Waals surface area contributed by atoms with Crippen molar-refractivity contribution in [2.75, 3.05) is 39.8 Å². The van der Waals surface area contributed by atoms with E-state index in [0.29, 0.717) is 11.8 Å². The summed E-state index contributed by atoms with van der Waals surface area (Å²) in [7, 11) is 2.01. The smallest absolute Gasteiger partial charge is 0.240 e. The first kappa shape index (κ1) is 19.7. The van der Waals surface area contributed by atoms with E-state index >= 15 is 0 Å². The van der Waals surface area contributed by atoms with E-state index in [1.54, 1.807) is 0 Å². The zero-order valence-corrected chi connectivity index (χ0v) is 16.3. The Morgan fingerprint density at radius 2 is 1.75 bits per heavy atom. The standard InChI is InChI=1S/C19H37N3O2/c1-14(2)18(22-12-15(3)24-16(4)13-22)19(23)21-10-7-17(8-11-21)6-9-20-5/h14-18,20H,6-13H2,1-5H3. The Kier molecular flexibility index (Phi) is 7.51. The monoisotopic (exact) mass is 339 g/mol. The summed E-state index contributed by atoms with van der Waals surface area (Å²) in [4.78, 5) is 17.7. The summed E-state index contributed by atoms with van der Waals surface area (Å²) in [6, 6.07) is -0.00680. The summed E-state index contributed by atoms with van der Waals surface area (Å²) >= 11 is 0. The van der Waals surface area contributed by atoms with Crippen LogP contribution in [0.15, 0.2) is 0 Å². The molecule has 2 fully saturated rings. The second kappa shape index (κ2) is 9.16. The normalized spacial score (nSPS) is 28.3. The lowest BCUT2D eigenvalue weighted by molar-refractivity contribution is -0.146. The number of carbonyl (C=O) groups is 1. The third kappa shape index (κ3) is 5.17. The van der Waals surface area contributed by atoms with Gasteiger partial charge >= 0.3 is 0 Å². The number of nitrogens with zero attached hydrogens (tertiary/aromatic N) is 2. The molecule has 5 nitrogen and oxygen atoms in total. The predicted octanol–water partition coefficient (Wildman–Crippen LogP) is 1.97. The van der Waals surface area contributed by atoms with E-state index in [2.05, 4.69) is 42.8 Å². The second-order valence-corrected chi connectivity index (χ2v) is 8.06. The molecule has 0 aromatic carbocycles. The van der Waals surface area contributed by atoms with Crippen LogP contribution in [0.2, 0.25) is 0 Å². The van der Waals surface area contributed by atoms with Gasteiger partial charge in [0.05, 0.1) is 18.2 Å². The van der Waals surface area contributed by atoms with Crippen molar-refractivity contribution in [1.29, 1.82) is 0 Å². The van der Waals surface area contributed by atoms with Gasteiger partial charge in [0.25, 0.3) is 0 Å². The zero-order valence-electron chi connectivity index (χ0n) is 16.3. The van der Waals surface area contributed by atoms with Crippen LogP contribution in [-0.4, -0.2) is 73.7 Å². The molecule has 0 aromatic heterocycles. The quantitative estimate of drug-likeness (QED) is 0.804. The molecule has 1 N–H and O–H groups in total. The van der Waals surface area contributed by atoms with E-state index in [4.69, 9.17) is 4.74 Å². The Balaban J connectivity index is 1.95. The average Bonchev–Trinajstić information content (AvgIpc) is 2.52. The zero-order chi connectivity index (χ0) is 17.7. The topological polar surface area (TPSA) is 44.8 Å². The number of likely N-dealkylation sites (tertiary alicyclic amines) is 1. The molecule has 0 spiro atoms. The summed E-state index contributed by atoms with van der Waals surface area (Å²) in [5.74, 6) is 1.43. The van der Waals surface area contributed by atoms with E-state index in [-0.39, 0.29) is 18.2 Å². The van der Waals surface area contributed by atoms with Crippen molar-refractivity contribution in [1.82, 2.24) is 15.1 Å². The van der Waals surface area contributed by atoms with Crippen molar-refractivity contribution in [3.8, 4) is 0 Å². The molecule has 2 rings (SSSR count). The minimum absolute atomic E-state index is 0.00680. The van der Waals surface area contributed by atoms with Gasteiger partial charge in [0.15, 0.2) is 0 Å². The first-order valence-corrected chi connectivity index (χ1v) is 9.75. The van der Waals surface area contributed by atoms with Crippen LogP contribution in [0.4, 0.5) is 0 Å². The maximum absolute atomic E-state index is 13.2. The van der Waals surface area contributed by atoms with Gasteiger partial charge in [-0.05, 0) is 58.5 Å². The van der Waals surface area contributed by atoms with E-state index in [9.17, 15) is 4.79 Å². The fourth-order valence-corrected chi connectivity index (χ4v) is 4.29. The van der Waals surface area contributed by atoms with Crippen LogP contribution in [0.1, 0.15) is 47.0 Å². The largest absolute Gasteiger partial charge is 0.373 e. The highest BCUT2D eigenvalue weighted by atomic mass is 16.5. The van der Waals surface area contributed by atoms with Crippen molar-refractivity contribution >= 4 is 5.91 Å². The van der Waals surface area contributed by atoms with Crippen LogP contribution in [0.25, 0.3) is 0 Å². The maximum Gasteiger partial charge on any atom is 0.240 e. The molecule has 2 saturated heterocycles. The predicted molar refractivity (Wildman–Crippen MR) is 98.1 cm³/mol. The Morgan fingerprint density at radius 1 is 1.17 bits per heavy atom. The summed E-state index contributed by atoms with van der Waals surface area (Å²) in [5, 5.41) is 3.23. The van der Waals surface area contributed by atoms with Gasteiger partial charge in [-0.2, -0.15) is 0 Å². The Hall–Kier alpha value is -0.650. The number of ether oxygens (including phenoxy) is 1. The van der Waals surface area contributed by atoms with Gasteiger partial charge in [-0.25, -0.2) is 0 Å². The lowest BCUT2D eigenvalue weighted by atomic mass is 9.92. The molecule has 3 atom stereocenters. The van der Waals surface area contributed by atoms with E-state index in [0.717, 1.165) is 51.5 Å². The number of nitrogens with one attached hydrogen (secondary N) is 1. The molecule has 0 radical (unpaired) electrons. The van der Waals surface area contributed by atoms with Gasteiger partial charge in [-0.3, -0.25) is 9.69 Å². The Bertz CT molecular complexity index is 384. The molecule has 0 saturated carbocycles. The third-order valence-corrected chi connectivity index (χ3v) is 5.45. The van der Waals surface area contributed by atoms with Crippen molar-refractivity contribution < 1.29 is 9.53 Å². The number of amides is 1. The van der Waals surface area contributed by atoms with Crippen molar-refractivity contribution in [2.24, 2.45) is 11.8 Å². The first-order chi connectivity index (χ1) is 11.4. The van der Waals surface area contributed by atoms with Crippen LogP contribution in [0.3, 0.4) is 0 Å². The number of piperidine rings is 1. The molecule has 2 aliphatic heterocycles. The van der Waals surface area contributed by atoms with Crippen LogP contribution >= 0.6 is 0 Å². The van der Waals surface area contributed by atoms with E-state index < -0.39 is 0 Å². The molecule has 5 heteroatoms. The molecule has 0 bridgehead atoms. The summed E-state index contributed by atoms with van der Waals surface area (Å²) in [5.41, 5.74) is 0.